The molecule has 0 saturated heterocycles. The van der Waals surface area contributed by atoms with Gasteiger partial charge < -0.3 is 14.2 Å². The third kappa shape index (κ3) is 5.75. The first-order valence-corrected chi connectivity index (χ1v) is 13.5. The number of anilines is 1. The van der Waals surface area contributed by atoms with Gasteiger partial charge in [-0.1, -0.05) is 17.7 Å². The fraction of sp³-hybridized carbons (Fsp3) is 0.286. The summed E-state index contributed by atoms with van der Waals surface area (Å²) in [7, 11) is 0.375. The van der Waals surface area contributed by atoms with Gasteiger partial charge in [-0.05, 0) is 74.2 Å². The number of carbonyl (C=O) groups is 1. The molecule has 1 N–H and O–H groups in total. The lowest BCUT2D eigenvalue weighted by atomic mass is 9.90. The molecule has 0 unspecified atom stereocenters. The molecule has 0 radical (unpaired) electrons. The van der Waals surface area contributed by atoms with E-state index in [0.29, 0.717) is 17.9 Å². The molecule has 0 aromatic heterocycles. The number of nitrogens with one attached hydrogen (secondary N) is 1. The van der Waals surface area contributed by atoms with Crippen LogP contribution in [0.2, 0.25) is 0 Å². The quantitative estimate of drug-likeness (QED) is 0.413. The second kappa shape index (κ2) is 11.6. The summed E-state index contributed by atoms with van der Waals surface area (Å²) in [6.45, 7) is 1.43. The van der Waals surface area contributed by atoms with Crippen LogP contribution in [0.5, 0.6) is 17.2 Å². The normalized spacial score (nSPS) is 13.9. The molecule has 0 spiro atoms. The number of carbonyl (C=O) groups excluding carboxylic acids is 1. The van der Waals surface area contributed by atoms with Crippen LogP contribution in [-0.4, -0.2) is 47.9 Å². The molecule has 1 aliphatic carbocycles. The second-order valence-electron chi connectivity index (χ2n) is 8.83. The van der Waals surface area contributed by atoms with Gasteiger partial charge in [0.25, 0.3) is 15.9 Å². The van der Waals surface area contributed by atoms with Crippen molar-refractivity contribution in [1.29, 1.82) is 0 Å². The number of hydrazone groups is 1. The van der Waals surface area contributed by atoms with Gasteiger partial charge in [-0.25, -0.2) is 13.8 Å². The van der Waals surface area contributed by atoms with Gasteiger partial charge in [0.15, 0.2) is 11.5 Å². The Labute approximate surface area is 223 Å². The first kappa shape index (κ1) is 27.0. The van der Waals surface area contributed by atoms with E-state index < -0.39 is 22.5 Å². The number of fused-ring (bicyclic) bond motifs is 1. The van der Waals surface area contributed by atoms with E-state index in [1.807, 2.05) is 25.1 Å². The highest BCUT2D eigenvalue weighted by molar-refractivity contribution is 7.92. The molecule has 0 fully saturated rings. The molecule has 3 aromatic carbocycles. The highest BCUT2D eigenvalue weighted by Crippen LogP contribution is 2.32. The SMILES string of the molecule is COc1ccc2c(c1)CCC/C2=N/NC(=O)CN(c1ccc(C)cc1)S(=O)(=O)c1ccc(OC)c(OC)c1. The maximum Gasteiger partial charge on any atom is 0.264 e. The smallest absolute Gasteiger partial charge is 0.264 e. The molecular weight excluding hydrogens is 506 g/mol. The van der Waals surface area contributed by atoms with Gasteiger partial charge in [-0.15, -0.1) is 0 Å². The summed E-state index contributed by atoms with van der Waals surface area (Å²) in [5.74, 6) is 0.860. The van der Waals surface area contributed by atoms with Crippen molar-refractivity contribution in [3.05, 3.63) is 77.4 Å². The minimum absolute atomic E-state index is 0.0370. The highest BCUT2D eigenvalue weighted by atomic mass is 32.2. The zero-order chi connectivity index (χ0) is 27.3. The fourth-order valence-corrected chi connectivity index (χ4v) is 5.75. The summed E-state index contributed by atoms with van der Waals surface area (Å²) in [6.07, 6.45) is 2.48. The van der Waals surface area contributed by atoms with Crippen molar-refractivity contribution in [2.45, 2.75) is 31.1 Å². The Balaban J connectivity index is 1.62. The van der Waals surface area contributed by atoms with Crippen LogP contribution in [-0.2, 0) is 21.2 Å². The fourth-order valence-electron chi connectivity index (χ4n) is 4.31. The van der Waals surface area contributed by atoms with Crippen LogP contribution >= 0.6 is 0 Å². The molecule has 0 heterocycles. The van der Waals surface area contributed by atoms with Crippen LogP contribution in [0, 0.1) is 6.92 Å². The zero-order valence-electron chi connectivity index (χ0n) is 21.9. The number of ether oxygens (including phenoxy) is 3. The first-order chi connectivity index (χ1) is 18.3. The Morgan fingerprint density at radius 1 is 0.921 bits per heavy atom. The number of amides is 1. The lowest BCUT2D eigenvalue weighted by molar-refractivity contribution is -0.119. The Hall–Kier alpha value is -4.05. The van der Waals surface area contributed by atoms with Crippen molar-refractivity contribution >= 4 is 27.3 Å². The molecule has 1 amide bonds. The molecule has 4 rings (SSSR count). The largest absolute Gasteiger partial charge is 0.497 e. The van der Waals surface area contributed by atoms with Crippen LogP contribution in [0.4, 0.5) is 5.69 Å². The van der Waals surface area contributed by atoms with Crippen LogP contribution in [0.15, 0.2) is 70.7 Å². The minimum Gasteiger partial charge on any atom is -0.497 e. The molecular formula is C28H31N3O6S. The van der Waals surface area contributed by atoms with E-state index in [-0.39, 0.29) is 10.6 Å². The van der Waals surface area contributed by atoms with E-state index in [4.69, 9.17) is 14.2 Å². The number of nitrogens with zero attached hydrogens (tertiary/aromatic N) is 2. The standard InChI is InChI=1S/C28H31N3O6S/c1-19-8-10-21(11-9-19)31(38(33,34)23-13-15-26(36-3)27(17-23)37-4)18-28(32)30-29-25-7-5-6-20-16-22(35-2)12-14-24(20)25/h8-17H,5-7,18H2,1-4H3,(H,30,32)/b29-25-. The van der Waals surface area contributed by atoms with Crippen molar-refractivity contribution in [2.24, 2.45) is 5.10 Å². The predicted octanol–water partition coefficient (Wildman–Crippen LogP) is 4.07. The summed E-state index contributed by atoms with van der Waals surface area (Å²) in [4.78, 5) is 13.0. The Morgan fingerprint density at radius 2 is 1.66 bits per heavy atom. The minimum atomic E-state index is -4.14. The summed E-state index contributed by atoms with van der Waals surface area (Å²) < 4.78 is 44.4. The van der Waals surface area contributed by atoms with E-state index in [1.165, 1.54) is 32.4 Å². The van der Waals surface area contributed by atoms with Crippen molar-refractivity contribution < 1.29 is 27.4 Å². The van der Waals surface area contributed by atoms with Crippen LogP contribution in [0.1, 0.15) is 29.5 Å². The average molecular weight is 538 g/mol. The van der Waals surface area contributed by atoms with Crippen LogP contribution in [0.3, 0.4) is 0 Å². The Bertz CT molecular complexity index is 1450. The van der Waals surface area contributed by atoms with E-state index >= 15 is 0 Å². The van der Waals surface area contributed by atoms with Gasteiger partial charge in [-0.2, -0.15) is 5.10 Å². The Morgan fingerprint density at radius 3 is 2.34 bits per heavy atom. The molecule has 1 aliphatic rings. The average Bonchev–Trinajstić information content (AvgIpc) is 2.94. The number of rotatable bonds is 9. The van der Waals surface area contributed by atoms with Gasteiger partial charge in [0.1, 0.15) is 12.3 Å². The number of methoxy groups -OCH3 is 3. The van der Waals surface area contributed by atoms with Crippen molar-refractivity contribution in [3.8, 4) is 17.2 Å². The molecule has 9 nitrogen and oxygen atoms in total. The summed E-state index contributed by atoms with van der Waals surface area (Å²) >= 11 is 0. The monoisotopic (exact) mass is 537 g/mol. The van der Waals surface area contributed by atoms with Crippen molar-refractivity contribution in [1.82, 2.24) is 5.43 Å². The van der Waals surface area contributed by atoms with Gasteiger partial charge in [-0.3, -0.25) is 9.10 Å². The summed E-state index contributed by atoms with van der Waals surface area (Å²) in [5, 5.41) is 4.36. The lowest BCUT2D eigenvalue weighted by Gasteiger charge is -2.24. The zero-order valence-corrected chi connectivity index (χ0v) is 22.7. The number of hydrogen-bond donors (Lipinski definition) is 1. The summed E-state index contributed by atoms with van der Waals surface area (Å²) in [5.41, 5.74) is 6.66. The van der Waals surface area contributed by atoms with Crippen LogP contribution in [0.25, 0.3) is 0 Å². The van der Waals surface area contributed by atoms with Crippen molar-refractivity contribution in [2.75, 3.05) is 32.2 Å². The molecule has 10 heteroatoms. The maximum atomic E-state index is 13.8. The van der Waals surface area contributed by atoms with Gasteiger partial charge in [0.2, 0.25) is 0 Å². The highest BCUT2D eigenvalue weighted by Gasteiger charge is 2.28. The van der Waals surface area contributed by atoms with Gasteiger partial charge in [0, 0.05) is 11.6 Å². The van der Waals surface area contributed by atoms with Crippen molar-refractivity contribution in [3.63, 3.8) is 0 Å². The molecule has 0 atom stereocenters. The van der Waals surface area contributed by atoms with E-state index in [0.717, 1.165) is 45.3 Å². The lowest BCUT2D eigenvalue weighted by Crippen LogP contribution is -2.40. The number of benzene rings is 3. The molecule has 0 saturated carbocycles. The van der Waals surface area contributed by atoms with Gasteiger partial charge >= 0.3 is 0 Å². The third-order valence-electron chi connectivity index (χ3n) is 6.35. The topological polar surface area (TPSA) is 107 Å². The number of hydrogen-bond acceptors (Lipinski definition) is 7. The van der Waals surface area contributed by atoms with E-state index in [1.54, 1.807) is 31.4 Å². The Kier molecular flexibility index (Phi) is 8.21. The van der Waals surface area contributed by atoms with Gasteiger partial charge in [0.05, 0.1) is 37.6 Å². The molecule has 3 aromatic rings. The molecule has 0 bridgehead atoms. The molecule has 200 valence electrons. The molecule has 0 aliphatic heterocycles. The molecule has 38 heavy (non-hydrogen) atoms. The number of aryl methyl sites for hydroxylation is 2. The van der Waals surface area contributed by atoms with Crippen LogP contribution < -0.4 is 23.9 Å². The predicted molar refractivity (Wildman–Crippen MR) is 146 cm³/mol. The van der Waals surface area contributed by atoms with E-state index in [9.17, 15) is 13.2 Å². The number of sulfonamides is 1. The maximum absolute atomic E-state index is 13.8. The second-order valence-corrected chi connectivity index (χ2v) is 10.7. The summed E-state index contributed by atoms with van der Waals surface area (Å²) in [6, 6.07) is 17.0. The third-order valence-corrected chi connectivity index (χ3v) is 8.12. The van der Waals surface area contributed by atoms with E-state index in [2.05, 4.69) is 10.5 Å². The first-order valence-electron chi connectivity index (χ1n) is 12.1.